The van der Waals surface area contributed by atoms with Gasteiger partial charge in [0.1, 0.15) is 11.4 Å². The third-order valence-electron chi connectivity index (χ3n) is 4.48. The van der Waals surface area contributed by atoms with Gasteiger partial charge in [-0.25, -0.2) is 4.68 Å². The van der Waals surface area contributed by atoms with Crippen molar-refractivity contribution in [1.82, 2.24) is 9.78 Å². The lowest BCUT2D eigenvalue weighted by Gasteiger charge is -2.07. The van der Waals surface area contributed by atoms with Gasteiger partial charge in [-0.15, -0.1) is 0 Å². The van der Waals surface area contributed by atoms with Gasteiger partial charge in [-0.1, -0.05) is 30.3 Å². The van der Waals surface area contributed by atoms with Crippen LogP contribution in [-0.4, -0.2) is 25.7 Å². The molecule has 148 valence electrons. The highest BCUT2D eigenvalue weighted by atomic mass is 16.6. The number of benzene rings is 3. The van der Waals surface area contributed by atoms with Crippen molar-refractivity contribution in [3.05, 3.63) is 101 Å². The molecule has 4 rings (SSSR count). The van der Waals surface area contributed by atoms with E-state index in [2.05, 4.69) is 10.4 Å². The summed E-state index contributed by atoms with van der Waals surface area (Å²) in [5.74, 6) is -0.523. The number of nitro benzene ring substituents is 1. The Bertz CT molecular complexity index is 1220. The second kappa shape index (κ2) is 7.88. The van der Waals surface area contributed by atoms with Gasteiger partial charge in [0.15, 0.2) is 0 Å². The summed E-state index contributed by atoms with van der Waals surface area (Å²) in [7, 11) is 0. The van der Waals surface area contributed by atoms with E-state index in [0.717, 1.165) is 5.69 Å². The molecule has 8 nitrogen and oxygen atoms in total. The van der Waals surface area contributed by atoms with Gasteiger partial charge in [-0.05, 0) is 36.4 Å². The fraction of sp³-hybridized carbons (Fsp3) is 0. The normalized spacial score (nSPS) is 10.5. The first kappa shape index (κ1) is 18.9. The van der Waals surface area contributed by atoms with Gasteiger partial charge in [-0.2, -0.15) is 5.10 Å². The number of aromatic nitrogens is 2. The molecular formula is C22H16N4O4. The van der Waals surface area contributed by atoms with Gasteiger partial charge in [0, 0.05) is 23.9 Å². The highest BCUT2D eigenvalue weighted by Gasteiger charge is 2.20. The molecule has 8 heteroatoms. The number of phenolic OH excluding ortho intramolecular Hbond substituents is 1. The first-order chi connectivity index (χ1) is 14.5. The topological polar surface area (TPSA) is 110 Å². The second-order valence-electron chi connectivity index (χ2n) is 6.45. The van der Waals surface area contributed by atoms with E-state index >= 15 is 0 Å². The molecule has 0 aliphatic rings. The highest BCUT2D eigenvalue weighted by Crippen LogP contribution is 2.28. The Labute approximate surface area is 171 Å². The predicted molar refractivity (Wildman–Crippen MR) is 112 cm³/mol. The SMILES string of the molecule is O=C(Nc1ccccc1O)c1cn(-c2ccccc2)nc1-c1ccc([N+](=O)[O-])cc1. The van der Waals surface area contributed by atoms with Crippen molar-refractivity contribution in [3.8, 4) is 22.7 Å². The van der Waals surface area contributed by atoms with Gasteiger partial charge in [0.05, 0.1) is 21.9 Å². The summed E-state index contributed by atoms with van der Waals surface area (Å²) in [6.45, 7) is 0. The molecule has 0 radical (unpaired) electrons. The number of non-ortho nitro benzene ring substituents is 1. The molecule has 0 bridgehead atoms. The third kappa shape index (κ3) is 3.74. The minimum absolute atomic E-state index is 0.0542. The molecule has 0 aliphatic heterocycles. The lowest BCUT2D eigenvalue weighted by atomic mass is 10.1. The van der Waals surface area contributed by atoms with E-state index in [1.807, 2.05) is 30.3 Å². The summed E-state index contributed by atoms with van der Waals surface area (Å²) in [4.78, 5) is 23.5. The Hall–Kier alpha value is -4.46. The van der Waals surface area contributed by atoms with Gasteiger partial charge in [0.25, 0.3) is 11.6 Å². The molecule has 3 aromatic carbocycles. The van der Waals surface area contributed by atoms with Gasteiger partial charge in [0.2, 0.25) is 0 Å². The van der Waals surface area contributed by atoms with Crippen molar-refractivity contribution in [3.63, 3.8) is 0 Å². The average molecular weight is 400 g/mol. The van der Waals surface area contributed by atoms with Crippen molar-refractivity contribution in [1.29, 1.82) is 0 Å². The maximum absolute atomic E-state index is 13.0. The predicted octanol–water partition coefficient (Wildman–Crippen LogP) is 4.41. The number of carbonyl (C=O) groups excluding carboxylic acids is 1. The largest absolute Gasteiger partial charge is 0.506 e. The molecular weight excluding hydrogens is 384 g/mol. The highest BCUT2D eigenvalue weighted by molar-refractivity contribution is 6.08. The van der Waals surface area contributed by atoms with Crippen LogP contribution in [0.25, 0.3) is 16.9 Å². The van der Waals surface area contributed by atoms with Crippen molar-refractivity contribution in [2.24, 2.45) is 0 Å². The van der Waals surface area contributed by atoms with E-state index in [4.69, 9.17) is 0 Å². The van der Waals surface area contributed by atoms with Crippen LogP contribution < -0.4 is 5.32 Å². The number of nitro groups is 1. The van der Waals surface area contributed by atoms with E-state index < -0.39 is 10.8 Å². The molecule has 1 amide bonds. The van der Waals surface area contributed by atoms with Crippen molar-refractivity contribution in [2.75, 3.05) is 5.32 Å². The van der Waals surface area contributed by atoms with Crippen LogP contribution in [0.5, 0.6) is 5.75 Å². The number of phenols is 1. The molecule has 0 spiro atoms. The molecule has 0 aliphatic carbocycles. The smallest absolute Gasteiger partial charge is 0.269 e. The van der Waals surface area contributed by atoms with Crippen LogP contribution in [0.4, 0.5) is 11.4 Å². The minimum atomic E-state index is -0.488. The van der Waals surface area contributed by atoms with E-state index in [1.165, 1.54) is 18.2 Å². The van der Waals surface area contributed by atoms with Crippen LogP contribution in [0.2, 0.25) is 0 Å². The quantitative estimate of drug-likeness (QED) is 0.293. The molecule has 1 heterocycles. The van der Waals surface area contributed by atoms with Crippen LogP contribution in [0.1, 0.15) is 10.4 Å². The number of para-hydroxylation sites is 3. The van der Waals surface area contributed by atoms with Gasteiger partial charge < -0.3 is 10.4 Å². The Morgan fingerprint density at radius 3 is 2.30 bits per heavy atom. The molecule has 0 atom stereocenters. The monoisotopic (exact) mass is 400 g/mol. The summed E-state index contributed by atoms with van der Waals surface area (Å²) in [6, 6.07) is 21.5. The zero-order valence-corrected chi connectivity index (χ0v) is 15.6. The molecule has 1 aromatic heterocycles. The maximum atomic E-state index is 13.0. The minimum Gasteiger partial charge on any atom is -0.506 e. The standard InChI is InChI=1S/C22H16N4O4/c27-20-9-5-4-8-19(20)23-22(28)18-14-25(16-6-2-1-3-7-16)24-21(18)15-10-12-17(13-11-15)26(29)30/h1-14,27H,(H,23,28). The number of hydrogen-bond donors (Lipinski definition) is 2. The Balaban J connectivity index is 1.77. The van der Waals surface area contributed by atoms with Crippen LogP contribution in [0, 0.1) is 10.1 Å². The average Bonchev–Trinajstić information content (AvgIpc) is 3.22. The van der Waals surface area contributed by atoms with Crippen LogP contribution in [0.15, 0.2) is 85.1 Å². The summed E-state index contributed by atoms with van der Waals surface area (Å²) in [5, 5.41) is 28.1. The summed E-state index contributed by atoms with van der Waals surface area (Å²) >= 11 is 0. The van der Waals surface area contributed by atoms with Gasteiger partial charge >= 0.3 is 0 Å². The number of rotatable bonds is 5. The molecule has 0 unspecified atom stereocenters. The van der Waals surface area contributed by atoms with Gasteiger partial charge in [-0.3, -0.25) is 14.9 Å². The first-order valence-corrected chi connectivity index (χ1v) is 9.02. The van der Waals surface area contributed by atoms with E-state index in [-0.39, 0.29) is 22.7 Å². The zero-order valence-electron chi connectivity index (χ0n) is 15.6. The number of anilines is 1. The van der Waals surface area contributed by atoms with E-state index in [9.17, 15) is 20.0 Å². The van der Waals surface area contributed by atoms with Crippen LogP contribution >= 0.6 is 0 Å². The van der Waals surface area contributed by atoms with E-state index in [0.29, 0.717) is 11.3 Å². The fourth-order valence-corrected chi connectivity index (χ4v) is 2.98. The van der Waals surface area contributed by atoms with E-state index in [1.54, 1.807) is 41.2 Å². The number of hydrogen-bond acceptors (Lipinski definition) is 5. The number of nitrogens with one attached hydrogen (secondary N) is 1. The summed E-state index contributed by atoms with van der Waals surface area (Å²) < 4.78 is 1.57. The Kier molecular flexibility index (Phi) is 4.96. The molecule has 0 saturated carbocycles. The molecule has 0 fully saturated rings. The first-order valence-electron chi connectivity index (χ1n) is 9.02. The third-order valence-corrected chi connectivity index (χ3v) is 4.48. The van der Waals surface area contributed by atoms with Crippen molar-refractivity contribution < 1.29 is 14.8 Å². The number of nitrogens with zero attached hydrogens (tertiary/aromatic N) is 3. The molecule has 30 heavy (non-hydrogen) atoms. The van der Waals surface area contributed by atoms with Crippen molar-refractivity contribution in [2.45, 2.75) is 0 Å². The molecule has 4 aromatic rings. The molecule has 0 saturated heterocycles. The Morgan fingerprint density at radius 2 is 1.63 bits per heavy atom. The fourth-order valence-electron chi connectivity index (χ4n) is 2.98. The Morgan fingerprint density at radius 1 is 0.967 bits per heavy atom. The second-order valence-corrected chi connectivity index (χ2v) is 6.45. The maximum Gasteiger partial charge on any atom is 0.269 e. The van der Waals surface area contributed by atoms with Crippen molar-refractivity contribution >= 4 is 17.3 Å². The lowest BCUT2D eigenvalue weighted by molar-refractivity contribution is -0.384. The number of aromatic hydroxyl groups is 1. The van der Waals surface area contributed by atoms with Crippen LogP contribution in [0.3, 0.4) is 0 Å². The summed E-state index contributed by atoms with van der Waals surface area (Å²) in [5.41, 5.74) is 2.14. The lowest BCUT2D eigenvalue weighted by Crippen LogP contribution is -2.12. The summed E-state index contributed by atoms with van der Waals surface area (Å²) in [6.07, 6.45) is 1.58. The molecule has 2 N–H and O–H groups in total. The number of amides is 1. The van der Waals surface area contributed by atoms with Crippen LogP contribution in [-0.2, 0) is 0 Å². The number of carbonyl (C=O) groups is 1. The zero-order chi connectivity index (χ0) is 21.1.